The van der Waals surface area contributed by atoms with Crippen LogP contribution in [0.25, 0.3) is 27.8 Å². The lowest BCUT2D eigenvalue weighted by molar-refractivity contribution is 0.616. The molecule has 4 nitrogen and oxygen atoms in total. The average molecular weight is 271 g/mol. The van der Waals surface area contributed by atoms with Crippen molar-refractivity contribution >= 4 is 39.4 Å². The zero-order valence-electron chi connectivity index (χ0n) is 9.63. The SMILES string of the molecule is O=c1c2ccc(Cl)cc2oc2nc3ccccc3n12. The average Bonchev–Trinajstić information content (AvgIpc) is 2.76. The summed E-state index contributed by atoms with van der Waals surface area (Å²) in [6, 6.07) is 12.4. The van der Waals surface area contributed by atoms with E-state index in [0.29, 0.717) is 16.0 Å². The van der Waals surface area contributed by atoms with Gasteiger partial charge in [-0.2, -0.15) is 4.98 Å². The van der Waals surface area contributed by atoms with E-state index in [1.54, 1.807) is 18.2 Å². The summed E-state index contributed by atoms with van der Waals surface area (Å²) in [7, 11) is 0. The van der Waals surface area contributed by atoms with Crippen LogP contribution in [0.3, 0.4) is 0 Å². The van der Waals surface area contributed by atoms with Crippen LogP contribution in [-0.2, 0) is 0 Å². The standard InChI is InChI=1S/C14H7ClN2O2/c15-8-5-6-9-12(7-8)19-14-16-10-3-1-2-4-11(10)17(14)13(9)18/h1-7H. The molecule has 0 amide bonds. The number of para-hydroxylation sites is 2. The van der Waals surface area contributed by atoms with Gasteiger partial charge in [0.2, 0.25) is 0 Å². The Morgan fingerprint density at radius 3 is 2.89 bits per heavy atom. The molecule has 0 aliphatic heterocycles. The minimum atomic E-state index is -0.151. The Bertz CT molecular complexity index is 1000. The summed E-state index contributed by atoms with van der Waals surface area (Å²) in [5.41, 5.74) is 1.76. The van der Waals surface area contributed by atoms with Crippen LogP contribution < -0.4 is 5.56 Å². The molecule has 4 rings (SSSR count). The van der Waals surface area contributed by atoms with Crippen molar-refractivity contribution in [2.45, 2.75) is 0 Å². The number of hydrogen-bond acceptors (Lipinski definition) is 3. The van der Waals surface area contributed by atoms with Gasteiger partial charge >= 0.3 is 5.84 Å². The van der Waals surface area contributed by atoms with Gasteiger partial charge in [0.15, 0.2) is 0 Å². The zero-order valence-corrected chi connectivity index (χ0v) is 10.4. The Kier molecular flexibility index (Phi) is 2.00. The van der Waals surface area contributed by atoms with Crippen molar-refractivity contribution in [2.75, 3.05) is 0 Å². The Morgan fingerprint density at radius 1 is 1.16 bits per heavy atom. The predicted molar refractivity (Wildman–Crippen MR) is 73.8 cm³/mol. The van der Waals surface area contributed by atoms with Crippen LogP contribution in [0.5, 0.6) is 0 Å². The minimum Gasteiger partial charge on any atom is -0.424 e. The number of benzene rings is 2. The van der Waals surface area contributed by atoms with E-state index >= 15 is 0 Å². The second-order valence-electron chi connectivity index (χ2n) is 4.27. The minimum absolute atomic E-state index is 0.151. The number of fused-ring (bicyclic) bond motifs is 4. The van der Waals surface area contributed by atoms with Crippen LogP contribution >= 0.6 is 11.6 Å². The van der Waals surface area contributed by atoms with Gasteiger partial charge in [-0.05, 0) is 24.3 Å². The fraction of sp³-hybridized carbons (Fsp3) is 0. The number of halogens is 1. The first-order valence-corrected chi connectivity index (χ1v) is 6.11. The van der Waals surface area contributed by atoms with E-state index in [1.165, 1.54) is 4.40 Å². The first-order valence-electron chi connectivity index (χ1n) is 5.73. The molecule has 0 radical (unpaired) electrons. The quantitative estimate of drug-likeness (QED) is 0.493. The maximum atomic E-state index is 12.5. The van der Waals surface area contributed by atoms with Crippen molar-refractivity contribution in [3.05, 3.63) is 57.8 Å². The summed E-state index contributed by atoms with van der Waals surface area (Å²) >= 11 is 5.91. The van der Waals surface area contributed by atoms with Gasteiger partial charge in [-0.3, -0.25) is 4.79 Å². The summed E-state index contributed by atoms with van der Waals surface area (Å²) in [5.74, 6) is 0.279. The molecule has 0 saturated heterocycles. The smallest absolute Gasteiger partial charge is 0.310 e. The van der Waals surface area contributed by atoms with Crippen LogP contribution in [-0.4, -0.2) is 9.38 Å². The molecule has 0 aliphatic rings. The molecule has 2 aromatic carbocycles. The second-order valence-corrected chi connectivity index (χ2v) is 4.70. The monoisotopic (exact) mass is 270 g/mol. The van der Waals surface area contributed by atoms with Gasteiger partial charge < -0.3 is 4.42 Å². The number of hydrogen-bond donors (Lipinski definition) is 0. The van der Waals surface area contributed by atoms with Crippen molar-refractivity contribution in [2.24, 2.45) is 0 Å². The number of imidazole rings is 1. The van der Waals surface area contributed by atoms with Gasteiger partial charge in [0.25, 0.3) is 5.56 Å². The topological polar surface area (TPSA) is 47.5 Å². The largest absolute Gasteiger partial charge is 0.424 e. The van der Waals surface area contributed by atoms with Gasteiger partial charge in [-0.15, -0.1) is 0 Å². The Hall–Kier alpha value is -2.33. The summed E-state index contributed by atoms with van der Waals surface area (Å²) in [6.45, 7) is 0. The van der Waals surface area contributed by atoms with Crippen molar-refractivity contribution in [3.63, 3.8) is 0 Å². The van der Waals surface area contributed by atoms with Crippen molar-refractivity contribution in [3.8, 4) is 0 Å². The van der Waals surface area contributed by atoms with Gasteiger partial charge in [-0.25, -0.2) is 4.40 Å². The fourth-order valence-corrected chi connectivity index (χ4v) is 2.41. The maximum Gasteiger partial charge on any atom is 0.310 e. The second kappa shape index (κ2) is 3.59. The molecule has 92 valence electrons. The molecule has 0 aliphatic carbocycles. The highest BCUT2D eigenvalue weighted by atomic mass is 35.5. The molecule has 2 aromatic heterocycles. The molecular weight excluding hydrogens is 264 g/mol. The van der Waals surface area contributed by atoms with Crippen molar-refractivity contribution < 1.29 is 4.42 Å². The van der Waals surface area contributed by atoms with Crippen LogP contribution in [0.2, 0.25) is 5.02 Å². The first-order chi connectivity index (χ1) is 9.24. The van der Waals surface area contributed by atoms with E-state index in [2.05, 4.69) is 4.98 Å². The third-order valence-corrected chi connectivity index (χ3v) is 3.34. The Morgan fingerprint density at radius 2 is 2.00 bits per heavy atom. The molecule has 19 heavy (non-hydrogen) atoms. The van der Waals surface area contributed by atoms with E-state index in [0.717, 1.165) is 11.0 Å². The normalized spacial score (nSPS) is 11.6. The molecule has 0 N–H and O–H groups in total. The highest BCUT2D eigenvalue weighted by molar-refractivity contribution is 6.31. The van der Waals surface area contributed by atoms with Crippen molar-refractivity contribution in [1.82, 2.24) is 9.38 Å². The highest BCUT2D eigenvalue weighted by Crippen LogP contribution is 2.21. The lowest BCUT2D eigenvalue weighted by Crippen LogP contribution is -2.12. The Labute approximate surface area is 111 Å². The van der Waals surface area contributed by atoms with Crippen molar-refractivity contribution in [1.29, 1.82) is 0 Å². The molecule has 0 saturated carbocycles. The van der Waals surface area contributed by atoms with E-state index < -0.39 is 0 Å². The summed E-state index contributed by atoms with van der Waals surface area (Å²) in [6.07, 6.45) is 0. The molecule has 0 fully saturated rings. The lowest BCUT2D eigenvalue weighted by atomic mass is 10.2. The van der Waals surface area contributed by atoms with Crippen LogP contribution in [0.15, 0.2) is 51.7 Å². The summed E-state index contributed by atoms with van der Waals surface area (Å²) in [4.78, 5) is 16.8. The van der Waals surface area contributed by atoms with Crippen LogP contribution in [0.4, 0.5) is 0 Å². The molecule has 5 heteroatoms. The zero-order chi connectivity index (χ0) is 13.0. The van der Waals surface area contributed by atoms with Crippen LogP contribution in [0.1, 0.15) is 0 Å². The molecule has 4 aromatic rings. The Balaban J connectivity index is 2.34. The predicted octanol–water partition coefficient (Wildman–Crippen LogP) is 3.25. The van der Waals surface area contributed by atoms with E-state index in [4.69, 9.17) is 16.0 Å². The van der Waals surface area contributed by atoms with Crippen LogP contribution in [0, 0.1) is 0 Å². The van der Waals surface area contributed by atoms with E-state index in [9.17, 15) is 4.79 Å². The lowest BCUT2D eigenvalue weighted by Gasteiger charge is -1.99. The van der Waals surface area contributed by atoms with E-state index in [1.807, 2.05) is 24.3 Å². The third kappa shape index (κ3) is 1.40. The number of rotatable bonds is 0. The number of nitrogens with zero attached hydrogens (tertiary/aromatic N) is 2. The van der Waals surface area contributed by atoms with E-state index in [-0.39, 0.29) is 11.4 Å². The fourth-order valence-electron chi connectivity index (χ4n) is 2.24. The van der Waals surface area contributed by atoms with Gasteiger partial charge in [0.05, 0.1) is 16.4 Å². The third-order valence-electron chi connectivity index (χ3n) is 3.11. The molecule has 0 bridgehead atoms. The molecule has 2 heterocycles. The molecule has 0 atom stereocenters. The molecular formula is C14H7ClN2O2. The summed E-state index contributed by atoms with van der Waals surface area (Å²) in [5, 5.41) is 1.01. The van der Waals surface area contributed by atoms with Gasteiger partial charge in [0, 0.05) is 11.1 Å². The van der Waals surface area contributed by atoms with Gasteiger partial charge in [-0.1, -0.05) is 23.7 Å². The van der Waals surface area contributed by atoms with Gasteiger partial charge in [0.1, 0.15) is 5.58 Å². The maximum absolute atomic E-state index is 12.5. The molecule has 0 unspecified atom stereocenters. The molecule has 0 spiro atoms. The first kappa shape index (κ1) is 10.6. The number of aromatic nitrogens is 2. The highest BCUT2D eigenvalue weighted by Gasteiger charge is 2.12. The summed E-state index contributed by atoms with van der Waals surface area (Å²) < 4.78 is 7.14.